The summed E-state index contributed by atoms with van der Waals surface area (Å²) in [7, 11) is 0. The Morgan fingerprint density at radius 2 is 1.67 bits per heavy atom. The Bertz CT molecular complexity index is 252. The Balaban J connectivity index is 1.49. The molecule has 104 valence electrons. The van der Waals surface area contributed by atoms with Crippen LogP contribution in [-0.4, -0.2) is 36.6 Å². The zero-order valence-corrected chi connectivity index (χ0v) is 12.0. The third-order valence-corrected chi connectivity index (χ3v) is 5.78. The molecule has 2 nitrogen and oxygen atoms in total. The molecule has 0 aromatic carbocycles. The summed E-state index contributed by atoms with van der Waals surface area (Å²) in [5, 5.41) is 3.71. The highest BCUT2D eigenvalue weighted by atomic mass is 15.2. The van der Waals surface area contributed by atoms with Gasteiger partial charge in [0, 0.05) is 12.1 Å². The Hall–Kier alpha value is -0.0800. The molecule has 0 aromatic rings. The fourth-order valence-electron chi connectivity index (χ4n) is 4.61. The summed E-state index contributed by atoms with van der Waals surface area (Å²) >= 11 is 0. The summed E-state index contributed by atoms with van der Waals surface area (Å²) in [6, 6.07) is 1.77. The minimum atomic E-state index is 0.857. The van der Waals surface area contributed by atoms with E-state index in [9.17, 15) is 0 Å². The predicted molar refractivity (Wildman–Crippen MR) is 76.7 cm³/mol. The highest BCUT2D eigenvalue weighted by Crippen LogP contribution is 2.32. The van der Waals surface area contributed by atoms with Crippen LogP contribution in [0.2, 0.25) is 0 Å². The molecule has 1 N–H and O–H groups in total. The second kappa shape index (κ2) is 5.92. The van der Waals surface area contributed by atoms with E-state index in [2.05, 4.69) is 17.1 Å². The summed E-state index contributed by atoms with van der Waals surface area (Å²) in [6.45, 7) is 6.49. The van der Waals surface area contributed by atoms with E-state index in [-0.39, 0.29) is 0 Å². The average molecular weight is 250 g/mol. The zero-order chi connectivity index (χ0) is 12.4. The maximum Gasteiger partial charge on any atom is 0.0121 e. The first-order chi connectivity index (χ1) is 8.84. The standard InChI is InChI=1S/C16H30N2/c1-13-5-2-3-7-16(13)18-11-8-14(9-12-18)15-6-4-10-17-15/h13-17H,2-12H2,1H3. The van der Waals surface area contributed by atoms with Gasteiger partial charge in [-0.3, -0.25) is 0 Å². The van der Waals surface area contributed by atoms with E-state index in [0.717, 1.165) is 23.9 Å². The van der Waals surface area contributed by atoms with Gasteiger partial charge in [-0.05, 0) is 70.0 Å². The van der Waals surface area contributed by atoms with Crippen molar-refractivity contribution in [3.8, 4) is 0 Å². The molecule has 2 saturated heterocycles. The molecule has 3 rings (SSSR count). The first-order valence-electron chi connectivity index (χ1n) is 8.32. The van der Waals surface area contributed by atoms with Crippen molar-refractivity contribution in [1.82, 2.24) is 10.2 Å². The predicted octanol–water partition coefficient (Wildman–Crippen LogP) is 3.03. The monoisotopic (exact) mass is 250 g/mol. The summed E-state index contributed by atoms with van der Waals surface area (Å²) in [6.07, 6.45) is 11.6. The van der Waals surface area contributed by atoms with Crippen LogP contribution in [0.1, 0.15) is 58.3 Å². The van der Waals surface area contributed by atoms with Crippen molar-refractivity contribution in [2.75, 3.05) is 19.6 Å². The molecule has 0 radical (unpaired) electrons. The molecule has 3 unspecified atom stereocenters. The van der Waals surface area contributed by atoms with Crippen LogP contribution in [0.15, 0.2) is 0 Å². The molecule has 1 aliphatic carbocycles. The molecule has 0 bridgehead atoms. The molecule has 1 saturated carbocycles. The van der Waals surface area contributed by atoms with Crippen LogP contribution in [0.25, 0.3) is 0 Å². The number of hydrogen-bond donors (Lipinski definition) is 1. The van der Waals surface area contributed by atoms with Gasteiger partial charge >= 0.3 is 0 Å². The Morgan fingerprint density at radius 1 is 0.889 bits per heavy atom. The zero-order valence-electron chi connectivity index (χ0n) is 12.0. The van der Waals surface area contributed by atoms with Gasteiger partial charge in [-0.2, -0.15) is 0 Å². The van der Waals surface area contributed by atoms with Crippen LogP contribution in [-0.2, 0) is 0 Å². The molecular formula is C16H30N2. The van der Waals surface area contributed by atoms with Crippen molar-refractivity contribution in [1.29, 1.82) is 0 Å². The normalized spacial score (nSPS) is 40.2. The van der Waals surface area contributed by atoms with E-state index in [4.69, 9.17) is 0 Å². The van der Waals surface area contributed by atoms with E-state index in [0.29, 0.717) is 0 Å². The third kappa shape index (κ3) is 2.75. The number of rotatable bonds is 2. The average Bonchev–Trinajstić information content (AvgIpc) is 2.94. The molecule has 3 atom stereocenters. The van der Waals surface area contributed by atoms with Crippen molar-refractivity contribution in [3.05, 3.63) is 0 Å². The van der Waals surface area contributed by atoms with Crippen LogP contribution in [0.4, 0.5) is 0 Å². The Morgan fingerprint density at radius 3 is 2.33 bits per heavy atom. The quantitative estimate of drug-likeness (QED) is 0.810. The van der Waals surface area contributed by atoms with Crippen molar-refractivity contribution < 1.29 is 0 Å². The Labute approximate surface area is 113 Å². The molecule has 2 heteroatoms. The molecular weight excluding hydrogens is 220 g/mol. The molecule has 0 amide bonds. The topological polar surface area (TPSA) is 15.3 Å². The van der Waals surface area contributed by atoms with E-state index >= 15 is 0 Å². The smallest absolute Gasteiger partial charge is 0.0121 e. The molecule has 2 heterocycles. The highest BCUT2D eigenvalue weighted by molar-refractivity contribution is 4.89. The fraction of sp³-hybridized carbons (Fsp3) is 1.00. The van der Waals surface area contributed by atoms with Crippen LogP contribution in [0.5, 0.6) is 0 Å². The maximum absolute atomic E-state index is 3.71. The number of nitrogens with one attached hydrogen (secondary N) is 1. The maximum atomic E-state index is 3.71. The summed E-state index contributed by atoms with van der Waals surface area (Å²) in [4.78, 5) is 2.83. The SMILES string of the molecule is CC1CCCCC1N1CCC(C2CCCN2)CC1. The van der Waals surface area contributed by atoms with E-state index in [1.54, 1.807) is 0 Å². The van der Waals surface area contributed by atoms with E-state index in [1.165, 1.54) is 71.0 Å². The lowest BCUT2D eigenvalue weighted by Crippen LogP contribution is -2.48. The highest BCUT2D eigenvalue weighted by Gasteiger charge is 2.33. The largest absolute Gasteiger partial charge is 0.314 e. The second-order valence-electron chi connectivity index (χ2n) is 6.91. The van der Waals surface area contributed by atoms with Gasteiger partial charge in [0.2, 0.25) is 0 Å². The van der Waals surface area contributed by atoms with Crippen molar-refractivity contribution in [3.63, 3.8) is 0 Å². The first kappa shape index (κ1) is 12.9. The van der Waals surface area contributed by atoms with Crippen LogP contribution >= 0.6 is 0 Å². The summed E-state index contributed by atoms with van der Waals surface area (Å²) in [5.74, 6) is 1.92. The lowest BCUT2D eigenvalue weighted by molar-refractivity contribution is 0.0678. The Kier molecular flexibility index (Phi) is 4.25. The van der Waals surface area contributed by atoms with Crippen molar-refractivity contribution in [2.45, 2.75) is 70.4 Å². The lowest BCUT2D eigenvalue weighted by Gasteiger charge is -2.43. The van der Waals surface area contributed by atoms with Gasteiger partial charge in [0.15, 0.2) is 0 Å². The van der Waals surface area contributed by atoms with Gasteiger partial charge in [-0.15, -0.1) is 0 Å². The molecule has 2 aliphatic heterocycles. The summed E-state index contributed by atoms with van der Waals surface area (Å²) < 4.78 is 0. The summed E-state index contributed by atoms with van der Waals surface area (Å²) in [5.41, 5.74) is 0. The van der Waals surface area contributed by atoms with Gasteiger partial charge in [-0.1, -0.05) is 19.8 Å². The van der Waals surface area contributed by atoms with Gasteiger partial charge in [0.1, 0.15) is 0 Å². The van der Waals surface area contributed by atoms with E-state index in [1.807, 2.05) is 0 Å². The van der Waals surface area contributed by atoms with Crippen molar-refractivity contribution >= 4 is 0 Å². The first-order valence-corrected chi connectivity index (χ1v) is 8.32. The molecule has 3 fully saturated rings. The van der Waals surface area contributed by atoms with Crippen LogP contribution in [0.3, 0.4) is 0 Å². The minimum absolute atomic E-state index is 0.857. The molecule has 18 heavy (non-hydrogen) atoms. The van der Waals surface area contributed by atoms with Gasteiger partial charge in [0.25, 0.3) is 0 Å². The van der Waals surface area contributed by atoms with Crippen molar-refractivity contribution in [2.24, 2.45) is 11.8 Å². The van der Waals surface area contributed by atoms with Gasteiger partial charge in [0.05, 0.1) is 0 Å². The number of hydrogen-bond acceptors (Lipinski definition) is 2. The molecule has 3 aliphatic rings. The van der Waals surface area contributed by atoms with E-state index < -0.39 is 0 Å². The minimum Gasteiger partial charge on any atom is -0.314 e. The van der Waals surface area contributed by atoms with Gasteiger partial charge < -0.3 is 10.2 Å². The molecule has 0 spiro atoms. The number of likely N-dealkylation sites (tertiary alicyclic amines) is 1. The second-order valence-corrected chi connectivity index (χ2v) is 6.91. The van der Waals surface area contributed by atoms with Crippen LogP contribution in [0, 0.1) is 11.8 Å². The fourth-order valence-corrected chi connectivity index (χ4v) is 4.61. The van der Waals surface area contributed by atoms with Crippen LogP contribution < -0.4 is 5.32 Å². The van der Waals surface area contributed by atoms with Gasteiger partial charge in [-0.25, -0.2) is 0 Å². The lowest BCUT2D eigenvalue weighted by atomic mass is 9.82. The third-order valence-electron chi connectivity index (χ3n) is 5.78. The molecule has 0 aromatic heterocycles. The number of nitrogens with zero attached hydrogens (tertiary/aromatic N) is 1. The number of piperidine rings is 1.